The number of para-hydroxylation sites is 1. The first kappa shape index (κ1) is 11.5. The fourth-order valence-corrected chi connectivity index (χ4v) is 0.952. The normalized spacial score (nSPS) is 10.1. The first-order valence-electron chi connectivity index (χ1n) is 2.80. The zero-order valence-corrected chi connectivity index (χ0v) is 7.28. The smallest absolute Gasteiger partial charge is 1.00 e. The van der Waals surface area contributed by atoms with Gasteiger partial charge in [0.1, 0.15) is 5.75 Å². The molecule has 0 heterocycles. The van der Waals surface area contributed by atoms with E-state index in [0.29, 0.717) is 0 Å². The maximum atomic E-state index is 10.1. The van der Waals surface area contributed by atoms with Gasteiger partial charge in [-0.25, -0.2) is 0 Å². The van der Waals surface area contributed by atoms with Gasteiger partial charge in [-0.3, -0.25) is 4.55 Å². The Morgan fingerprint density at radius 3 is 2.17 bits per heavy atom. The summed E-state index contributed by atoms with van der Waals surface area (Å²) in [5.74, 6) is 0.0926. The molecular formula is C6H7LiO4S. The van der Waals surface area contributed by atoms with Crippen LogP contribution in [0, 0.1) is 0 Å². The van der Waals surface area contributed by atoms with Crippen LogP contribution < -0.4 is 23.0 Å². The average Bonchev–Trinajstić information content (AvgIpc) is 1.85. The largest absolute Gasteiger partial charge is 1.00 e. The molecule has 0 bridgehead atoms. The van der Waals surface area contributed by atoms with Crippen LogP contribution in [0.4, 0.5) is 0 Å². The van der Waals surface area contributed by atoms with E-state index in [1.54, 1.807) is 18.2 Å². The van der Waals surface area contributed by atoms with E-state index in [4.69, 9.17) is 4.55 Å². The van der Waals surface area contributed by atoms with Crippen molar-refractivity contribution in [1.29, 1.82) is 0 Å². The van der Waals surface area contributed by atoms with Crippen LogP contribution in [-0.2, 0) is 10.4 Å². The fourth-order valence-electron chi connectivity index (χ4n) is 0.598. The summed E-state index contributed by atoms with van der Waals surface area (Å²) < 4.78 is 32.6. The fraction of sp³-hybridized carbons (Fsp3) is 0. The van der Waals surface area contributed by atoms with E-state index in [2.05, 4.69) is 4.18 Å². The predicted octanol–water partition coefficient (Wildman–Crippen LogP) is -2.02. The van der Waals surface area contributed by atoms with Crippen LogP contribution in [0.5, 0.6) is 5.75 Å². The second kappa shape index (κ2) is 4.53. The summed E-state index contributed by atoms with van der Waals surface area (Å²) in [4.78, 5) is 0. The maximum absolute atomic E-state index is 10.1. The SMILES string of the molecule is O=S(=O)(O)Oc1ccccc1.[H-].[Li+]. The van der Waals surface area contributed by atoms with Gasteiger partial charge in [0.15, 0.2) is 0 Å². The molecule has 0 aliphatic rings. The van der Waals surface area contributed by atoms with Gasteiger partial charge in [-0.2, -0.15) is 8.42 Å². The van der Waals surface area contributed by atoms with E-state index in [0.717, 1.165) is 0 Å². The minimum Gasteiger partial charge on any atom is -1.00 e. The van der Waals surface area contributed by atoms with Crippen molar-refractivity contribution in [3.05, 3.63) is 30.3 Å². The molecule has 0 atom stereocenters. The Morgan fingerprint density at radius 2 is 1.75 bits per heavy atom. The molecule has 0 aliphatic carbocycles. The summed E-state index contributed by atoms with van der Waals surface area (Å²) in [7, 11) is -4.38. The van der Waals surface area contributed by atoms with Crippen LogP contribution in [-0.4, -0.2) is 13.0 Å². The monoisotopic (exact) mass is 182 g/mol. The molecule has 0 radical (unpaired) electrons. The van der Waals surface area contributed by atoms with Crippen molar-refractivity contribution in [3.63, 3.8) is 0 Å². The van der Waals surface area contributed by atoms with Gasteiger partial charge in [-0.15, -0.1) is 0 Å². The third-order valence-corrected chi connectivity index (χ3v) is 1.35. The maximum Gasteiger partial charge on any atom is 1.00 e. The molecule has 0 amide bonds. The molecule has 0 aromatic heterocycles. The Morgan fingerprint density at radius 1 is 1.25 bits per heavy atom. The Bertz CT molecular complexity index is 326. The van der Waals surface area contributed by atoms with Gasteiger partial charge in [0, 0.05) is 0 Å². The van der Waals surface area contributed by atoms with E-state index in [9.17, 15) is 8.42 Å². The molecule has 12 heavy (non-hydrogen) atoms. The van der Waals surface area contributed by atoms with Crippen LogP contribution in [0.2, 0.25) is 0 Å². The molecule has 0 fully saturated rings. The van der Waals surface area contributed by atoms with Gasteiger partial charge >= 0.3 is 29.3 Å². The Balaban J connectivity index is 0. The quantitative estimate of drug-likeness (QED) is 0.424. The molecule has 62 valence electrons. The Kier molecular flexibility index (Phi) is 4.35. The minimum atomic E-state index is -4.38. The molecule has 0 spiro atoms. The van der Waals surface area contributed by atoms with Crippen molar-refractivity contribution >= 4 is 10.4 Å². The number of benzene rings is 1. The van der Waals surface area contributed by atoms with Crippen molar-refractivity contribution in [2.24, 2.45) is 0 Å². The van der Waals surface area contributed by atoms with Crippen molar-refractivity contribution in [3.8, 4) is 5.75 Å². The first-order valence-corrected chi connectivity index (χ1v) is 4.16. The molecule has 0 saturated heterocycles. The van der Waals surface area contributed by atoms with Crippen LogP contribution >= 0.6 is 0 Å². The average molecular weight is 182 g/mol. The molecule has 4 nitrogen and oxygen atoms in total. The van der Waals surface area contributed by atoms with E-state index in [1.807, 2.05) is 0 Å². The van der Waals surface area contributed by atoms with Crippen LogP contribution in [0.1, 0.15) is 1.43 Å². The van der Waals surface area contributed by atoms with E-state index < -0.39 is 10.4 Å². The van der Waals surface area contributed by atoms with Gasteiger partial charge in [-0.1, -0.05) is 18.2 Å². The molecule has 0 saturated carbocycles. The standard InChI is InChI=1S/C6H6O4S.Li.H/c7-11(8,9)10-6-4-2-1-3-5-6;;/h1-5H,(H,7,8,9);;/q;+1;-1. The van der Waals surface area contributed by atoms with Crippen LogP contribution in [0.15, 0.2) is 30.3 Å². The van der Waals surface area contributed by atoms with E-state index >= 15 is 0 Å². The molecule has 0 unspecified atom stereocenters. The second-order valence-corrected chi connectivity index (χ2v) is 2.85. The third-order valence-electron chi connectivity index (χ3n) is 0.945. The van der Waals surface area contributed by atoms with Crippen LogP contribution in [0.3, 0.4) is 0 Å². The van der Waals surface area contributed by atoms with Crippen LogP contribution in [0.25, 0.3) is 0 Å². The van der Waals surface area contributed by atoms with Crippen molar-refractivity contribution in [1.82, 2.24) is 0 Å². The van der Waals surface area contributed by atoms with E-state index in [-0.39, 0.29) is 26.0 Å². The molecule has 6 heteroatoms. The molecular weight excluding hydrogens is 175 g/mol. The molecule has 1 N–H and O–H groups in total. The zero-order valence-electron chi connectivity index (χ0n) is 7.47. The Hall–Kier alpha value is -0.473. The van der Waals surface area contributed by atoms with Crippen molar-refractivity contribution in [2.75, 3.05) is 0 Å². The molecule has 1 rings (SSSR count). The van der Waals surface area contributed by atoms with Gasteiger partial charge in [0.2, 0.25) is 0 Å². The Labute approximate surface area is 84.2 Å². The minimum absolute atomic E-state index is 0. The van der Waals surface area contributed by atoms with Crippen molar-refractivity contribution in [2.45, 2.75) is 0 Å². The number of rotatable bonds is 2. The summed E-state index contributed by atoms with van der Waals surface area (Å²) in [5.41, 5.74) is 0. The predicted molar refractivity (Wildman–Crippen MR) is 39.7 cm³/mol. The summed E-state index contributed by atoms with van der Waals surface area (Å²) in [6.45, 7) is 0. The summed E-state index contributed by atoms with van der Waals surface area (Å²) in [6, 6.07) is 7.75. The van der Waals surface area contributed by atoms with Crippen molar-refractivity contribution < 1.29 is 37.4 Å². The molecule has 0 aliphatic heterocycles. The second-order valence-electron chi connectivity index (χ2n) is 1.82. The summed E-state index contributed by atoms with van der Waals surface area (Å²) in [6.07, 6.45) is 0. The molecule has 1 aromatic rings. The zero-order chi connectivity index (χ0) is 8.32. The first-order chi connectivity index (χ1) is 5.08. The third kappa shape index (κ3) is 4.41. The number of hydrogen-bond donors (Lipinski definition) is 1. The summed E-state index contributed by atoms with van der Waals surface area (Å²) in [5, 5.41) is 0. The topological polar surface area (TPSA) is 63.6 Å². The summed E-state index contributed by atoms with van der Waals surface area (Å²) >= 11 is 0. The molecule has 1 aromatic carbocycles. The van der Waals surface area contributed by atoms with Gasteiger partial charge in [0.05, 0.1) is 0 Å². The van der Waals surface area contributed by atoms with E-state index in [1.165, 1.54) is 12.1 Å². The number of hydrogen-bond acceptors (Lipinski definition) is 3. The van der Waals surface area contributed by atoms with Gasteiger partial charge < -0.3 is 5.61 Å². The van der Waals surface area contributed by atoms with Gasteiger partial charge in [0.25, 0.3) is 0 Å². The van der Waals surface area contributed by atoms with Gasteiger partial charge in [-0.05, 0) is 12.1 Å².